The molecule has 15 heavy (non-hydrogen) atoms. The Labute approximate surface area is 86.1 Å². The van der Waals surface area contributed by atoms with E-state index in [1.54, 1.807) is 6.92 Å². The average Bonchev–Trinajstić information content (AvgIpc) is 2.09. The fourth-order valence-electron chi connectivity index (χ4n) is 1.46. The standard InChI is InChI=1S/C11H10F3N/c1-7-6-10(11(12,13)14)8(2)5-9(7)3-4-15/h5-6H,3H2,1-2H3. The second-order valence-corrected chi connectivity index (χ2v) is 3.43. The smallest absolute Gasteiger partial charge is 0.198 e. The Bertz CT molecular complexity index is 413. The van der Waals surface area contributed by atoms with E-state index in [-0.39, 0.29) is 12.0 Å². The molecule has 80 valence electrons. The largest absolute Gasteiger partial charge is 0.416 e. The molecule has 0 amide bonds. The summed E-state index contributed by atoms with van der Waals surface area (Å²) in [4.78, 5) is 0. The summed E-state index contributed by atoms with van der Waals surface area (Å²) < 4.78 is 37.4. The third-order valence-electron chi connectivity index (χ3n) is 2.26. The van der Waals surface area contributed by atoms with Crippen molar-refractivity contribution in [2.24, 2.45) is 0 Å². The summed E-state index contributed by atoms with van der Waals surface area (Å²) in [7, 11) is 0. The molecule has 1 aromatic carbocycles. The van der Waals surface area contributed by atoms with Gasteiger partial charge >= 0.3 is 6.18 Å². The van der Waals surface area contributed by atoms with Crippen LogP contribution in [0.5, 0.6) is 0 Å². The van der Waals surface area contributed by atoms with Crippen molar-refractivity contribution in [2.75, 3.05) is 0 Å². The molecule has 1 nitrogen and oxygen atoms in total. The van der Waals surface area contributed by atoms with Gasteiger partial charge in [-0.15, -0.1) is 0 Å². The zero-order valence-electron chi connectivity index (χ0n) is 8.44. The third-order valence-corrected chi connectivity index (χ3v) is 2.26. The molecular formula is C11H10F3N. The number of hydrogen-bond acceptors (Lipinski definition) is 1. The van der Waals surface area contributed by atoms with Gasteiger partial charge in [0.25, 0.3) is 0 Å². The predicted molar refractivity (Wildman–Crippen MR) is 50.2 cm³/mol. The number of nitrogens with zero attached hydrogens (tertiary/aromatic N) is 1. The van der Waals surface area contributed by atoms with Crippen LogP contribution in [0.15, 0.2) is 12.1 Å². The number of hydrogen-bond donors (Lipinski definition) is 0. The van der Waals surface area contributed by atoms with Crippen molar-refractivity contribution in [3.63, 3.8) is 0 Å². The van der Waals surface area contributed by atoms with E-state index in [1.807, 2.05) is 6.07 Å². The van der Waals surface area contributed by atoms with Crippen LogP contribution >= 0.6 is 0 Å². The Kier molecular flexibility index (Phi) is 3.04. The molecule has 0 aliphatic heterocycles. The lowest BCUT2D eigenvalue weighted by Gasteiger charge is -2.13. The minimum atomic E-state index is -4.32. The maximum Gasteiger partial charge on any atom is 0.416 e. The molecule has 0 atom stereocenters. The highest BCUT2D eigenvalue weighted by molar-refractivity contribution is 5.39. The number of benzene rings is 1. The lowest BCUT2D eigenvalue weighted by Crippen LogP contribution is -2.08. The molecule has 0 saturated carbocycles. The summed E-state index contributed by atoms with van der Waals surface area (Å²) in [6.45, 7) is 2.99. The molecule has 0 unspecified atom stereocenters. The Morgan fingerprint density at radius 1 is 1.20 bits per heavy atom. The van der Waals surface area contributed by atoms with Crippen LogP contribution in [0.25, 0.3) is 0 Å². The molecule has 0 aromatic heterocycles. The molecule has 0 spiro atoms. The van der Waals surface area contributed by atoms with Gasteiger partial charge in [-0.25, -0.2) is 0 Å². The number of aryl methyl sites for hydroxylation is 2. The van der Waals surface area contributed by atoms with Crippen LogP contribution in [0.1, 0.15) is 22.3 Å². The molecule has 0 heterocycles. The Hall–Kier alpha value is -1.50. The summed E-state index contributed by atoms with van der Waals surface area (Å²) in [5.41, 5.74) is 0.706. The van der Waals surface area contributed by atoms with Crippen LogP contribution in [0, 0.1) is 25.2 Å². The Balaban J connectivity index is 3.27. The molecule has 1 rings (SSSR count). The van der Waals surface area contributed by atoms with Crippen molar-refractivity contribution in [2.45, 2.75) is 26.4 Å². The first kappa shape index (κ1) is 11.6. The lowest BCUT2D eigenvalue weighted by molar-refractivity contribution is -0.138. The van der Waals surface area contributed by atoms with E-state index in [0.717, 1.165) is 6.07 Å². The van der Waals surface area contributed by atoms with Crippen LogP contribution in [0.3, 0.4) is 0 Å². The maximum absolute atomic E-state index is 12.5. The molecule has 0 saturated heterocycles. The van der Waals surface area contributed by atoms with Gasteiger partial charge in [-0.05, 0) is 36.6 Å². The van der Waals surface area contributed by atoms with E-state index in [0.29, 0.717) is 11.1 Å². The third kappa shape index (κ3) is 2.50. The first-order valence-corrected chi connectivity index (χ1v) is 4.40. The quantitative estimate of drug-likeness (QED) is 0.701. The molecular weight excluding hydrogens is 203 g/mol. The second-order valence-electron chi connectivity index (χ2n) is 3.43. The van der Waals surface area contributed by atoms with Crippen LogP contribution in [-0.4, -0.2) is 0 Å². The topological polar surface area (TPSA) is 23.8 Å². The van der Waals surface area contributed by atoms with Crippen molar-refractivity contribution in [3.05, 3.63) is 34.4 Å². The van der Waals surface area contributed by atoms with Gasteiger partial charge < -0.3 is 0 Å². The first-order valence-electron chi connectivity index (χ1n) is 4.40. The summed E-state index contributed by atoms with van der Waals surface area (Å²) >= 11 is 0. The SMILES string of the molecule is Cc1cc(C(F)(F)F)c(C)cc1CC#N. The van der Waals surface area contributed by atoms with Crippen LogP contribution in [0.2, 0.25) is 0 Å². The van der Waals surface area contributed by atoms with Crippen molar-refractivity contribution in [3.8, 4) is 6.07 Å². The fourth-order valence-corrected chi connectivity index (χ4v) is 1.46. The Morgan fingerprint density at radius 3 is 2.27 bits per heavy atom. The van der Waals surface area contributed by atoms with Crippen molar-refractivity contribution >= 4 is 0 Å². The summed E-state index contributed by atoms with van der Waals surface area (Å²) in [6, 6.07) is 4.46. The monoisotopic (exact) mass is 213 g/mol. The highest BCUT2D eigenvalue weighted by Gasteiger charge is 2.32. The molecule has 0 aliphatic rings. The summed E-state index contributed by atoms with van der Waals surface area (Å²) in [5, 5.41) is 8.49. The van der Waals surface area contributed by atoms with Gasteiger partial charge in [-0.3, -0.25) is 0 Å². The van der Waals surface area contributed by atoms with Crippen molar-refractivity contribution in [1.29, 1.82) is 5.26 Å². The van der Waals surface area contributed by atoms with E-state index in [1.165, 1.54) is 13.0 Å². The normalized spacial score (nSPS) is 11.2. The summed E-state index contributed by atoms with van der Waals surface area (Å²) in [5.74, 6) is 0. The van der Waals surface area contributed by atoms with E-state index >= 15 is 0 Å². The van der Waals surface area contributed by atoms with Crippen molar-refractivity contribution < 1.29 is 13.2 Å². The van der Waals surface area contributed by atoms with Gasteiger partial charge in [0.2, 0.25) is 0 Å². The van der Waals surface area contributed by atoms with E-state index in [4.69, 9.17) is 5.26 Å². The lowest BCUT2D eigenvalue weighted by atomic mass is 9.98. The fraction of sp³-hybridized carbons (Fsp3) is 0.364. The molecule has 4 heteroatoms. The number of nitriles is 1. The van der Waals surface area contributed by atoms with Gasteiger partial charge in [-0.1, -0.05) is 6.07 Å². The molecule has 0 N–H and O–H groups in total. The molecule has 0 aliphatic carbocycles. The van der Waals surface area contributed by atoms with Gasteiger partial charge in [0, 0.05) is 0 Å². The van der Waals surface area contributed by atoms with E-state index < -0.39 is 11.7 Å². The highest BCUT2D eigenvalue weighted by Crippen LogP contribution is 2.33. The number of halogens is 3. The van der Waals surface area contributed by atoms with Gasteiger partial charge in [0.15, 0.2) is 0 Å². The summed E-state index contributed by atoms with van der Waals surface area (Å²) in [6.07, 6.45) is -4.18. The van der Waals surface area contributed by atoms with Crippen LogP contribution in [0.4, 0.5) is 13.2 Å². The predicted octanol–water partition coefficient (Wildman–Crippen LogP) is 3.39. The number of rotatable bonds is 1. The van der Waals surface area contributed by atoms with E-state index in [9.17, 15) is 13.2 Å². The van der Waals surface area contributed by atoms with Crippen molar-refractivity contribution in [1.82, 2.24) is 0 Å². The maximum atomic E-state index is 12.5. The van der Waals surface area contributed by atoms with Gasteiger partial charge in [0.1, 0.15) is 0 Å². The highest BCUT2D eigenvalue weighted by atomic mass is 19.4. The first-order chi connectivity index (χ1) is 6.86. The zero-order chi connectivity index (χ0) is 11.6. The second kappa shape index (κ2) is 3.93. The molecule has 1 aromatic rings. The average molecular weight is 213 g/mol. The zero-order valence-corrected chi connectivity index (χ0v) is 8.44. The molecule has 0 radical (unpaired) electrons. The van der Waals surface area contributed by atoms with E-state index in [2.05, 4.69) is 0 Å². The molecule has 0 fully saturated rings. The Morgan fingerprint density at radius 2 is 1.80 bits per heavy atom. The molecule has 0 bridgehead atoms. The van der Waals surface area contributed by atoms with Gasteiger partial charge in [-0.2, -0.15) is 18.4 Å². The van der Waals surface area contributed by atoms with Crippen LogP contribution in [-0.2, 0) is 12.6 Å². The minimum Gasteiger partial charge on any atom is -0.198 e. The minimum absolute atomic E-state index is 0.144. The van der Waals surface area contributed by atoms with Gasteiger partial charge in [0.05, 0.1) is 18.1 Å². The van der Waals surface area contributed by atoms with Crippen LogP contribution < -0.4 is 0 Å². The number of alkyl halides is 3.